The summed E-state index contributed by atoms with van der Waals surface area (Å²) in [4.78, 5) is 50.3. The van der Waals surface area contributed by atoms with Crippen LogP contribution in [0.1, 0.15) is 69.8 Å². The Hall–Kier alpha value is -3.72. The van der Waals surface area contributed by atoms with Gasteiger partial charge in [0.2, 0.25) is 0 Å². The highest BCUT2D eigenvalue weighted by molar-refractivity contribution is 5.89. The molecule has 39 heavy (non-hydrogen) atoms. The van der Waals surface area contributed by atoms with E-state index in [1.165, 1.54) is 19.2 Å². The summed E-state index contributed by atoms with van der Waals surface area (Å²) < 4.78 is 21.6. The second-order valence-corrected chi connectivity index (χ2v) is 9.85. The first kappa shape index (κ1) is 31.5. The maximum atomic E-state index is 12.8. The van der Waals surface area contributed by atoms with Crippen molar-refractivity contribution in [1.29, 1.82) is 0 Å². The first-order valence-corrected chi connectivity index (χ1v) is 13.1. The predicted molar refractivity (Wildman–Crippen MR) is 145 cm³/mol. The number of hydrogen-bond donors (Lipinski definition) is 1. The van der Waals surface area contributed by atoms with Crippen LogP contribution in [-0.2, 0) is 30.3 Å². The first-order chi connectivity index (χ1) is 18.4. The summed E-state index contributed by atoms with van der Waals surface area (Å²) >= 11 is 0. The van der Waals surface area contributed by atoms with Crippen molar-refractivity contribution in [3.05, 3.63) is 59.7 Å². The molecular formula is C30H39NO8. The lowest BCUT2D eigenvalue weighted by molar-refractivity contribution is -0.148. The topological polar surface area (TPSA) is 131 Å². The minimum atomic E-state index is -1.57. The maximum absolute atomic E-state index is 12.8. The van der Waals surface area contributed by atoms with E-state index in [4.69, 9.17) is 24.7 Å². The molecule has 0 aliphatic heterocycles. The van der Waals surface area contributed by atoms with E-state index in [1.807, 2.05) is 13.8 Å². The van der Waals surface area contributed by atoms with E-state index in [0.717, 1.165) is 0 Å². The van der Waals surface area contributed by atoms with E-state index < -0.39 is 35.5 Å². The number of carbonyl (C=O) groups excluding carboxylic acids is 4. The van der Waals surface area contributed by atoms with Crippen LogP contribution in [0.2, 0.25) is 0 Å². The third kappa shape index (κ3) is 8.92. The van der Waals surface area contributed by atoms with Gasteiger partial charge in [0, 0.05) is 12.8 Å². The minimum Gasteiger partial charge on any atom is -0.468 e. The maximum Gasteiger partial charge on any atom is 0.338 e. The second-order valence-electron chi connectivity index (χ2n) is 9.85. The Morgan fingerprint density at radius 1 is 0.846 bits per heavy atom. The van der Waals surface area contributed by atoms with Gasteiger partial charge in [0.25, 0.3) is 0 Å². The van der Waals surface area contributed by atoms with E-state index in [0.29, 0.717) is 24.0 Å². The van der Waals surface area contributed by atoms with Crippen LogP contribution in [0.5, 0.6) is 11.5 Å². The molecule has 4 atom stereocenters. The lowest BCUT2D eigenvalue weighted by atomic mass is 9.86. The molecule has 0 aliphatic rings. The standard InChI is InChI=1S/C30H39NO8/c1-7-19(3)26(32)38-24-15-14-22(16-25(24)39-27(33)20(4)8-2)18-30(31,29(35)36-6)17-21(5)37-28(34)23-12-10-9-11-13-23/h9-16,19-21H,7-8,17-18,31H2,1-6H3/t19?,20?,21?,30-/m1/s1. The van der Waals surface area contributed by atoms with Crippen LogP contribution in [-0.4, -0.2) is 42.6 Å². The highest BCUT2D eigenvalue weighted by Crippen LogP contribution is 2.32. The smallest absolute Gasteiger partial charge is 0.338 e. The number of hydrogen-bond acceptors (Lipinski definition) is 9. The minimum absolute atomic E-state index is 0.0274. The average Bonchev–Trinajstić information content (AvgIpc) is 2.92. The van der Waals surface area contributed by atoms with Crippen LogP contribution in [0.4, 0.5) is 0 Å². The summed E-state index contributed by atoms with van der Waals surface area (Å²) in [6.07, 6.45) is 0.362. The Morgan fingerprint density at radius 2 is 1.41 bits per heavy atom. The highest BCUT2D eigenvalue weighted by Gasteiger charge is 2.38. The van der Waals surface area contributed by atoms with E-state index in [2.05, 4.69) is 0 Å². The van der Waals surface area contributed by atoms with Gasteiger partial charge in [0.05, 0.1) is 24.5 Å². The number of nitrogens with two attached hydrogens (primary N) is 1. The molecule has 0 fully saturated rings. The lowest BCUT2D eigenvalue weighted by Crippen LogP contribution is -2.53. The van der Waals surface area contributed by atoms with Crippen molar-refractivity contribution >= 4 is 23.9 Å². The summed E-state index contributed by atoms with van der Waals surface area (Å²) in [5.74, 6) is -2.77. The Bertz CT molecular complexity index is 1150. The van der Waals surface area contributed by atoms with Crippen molar-refractivity contribution in [2.24, 2.45) is 17.6 Å². The summed E-state index contributed by atoms with van der Waals surface area (Å²) in [5.41, 5.74) is 5.87. The molecule has 0 heterocycles. The zero-order chi connectivity index (χ0) is 29.2. The van der Waals surface area contributed by atoms with Crippen LogP contribution in [0.25, 0.3) is 0 Å². The van der Waals surface area contributed by atoms with Gasteiger partial charge in [0.15, 0.2) is 11.5 Å². The van der Waals surface area contributed by atoms with Crippen molar-refractivity contribution in [2.75, 3.05) is 7.11 Å². The molecule has 0 amide bonds. The molecule has 9 heteroatoms. The number of esters is 4. The van der Waals surface area contributed by atoms with Gasteiger partial charge in [-0.15, -0.1) is 0 Å². The molecule has 9 nitrogen and oxygen atoms in total. The van der Waals surface area contributed by atoms with E-state index >= 15 is 0 Å². The average molecular weight is 542 g/mol. The molecule has 0 saturated heterocycles. The summed E-state index contributed by atoms with van der Waals surface area (Å²) in [5, 5.41) is 0. The van der Waals surface area contributed by atoms with E-state index in [-0.39, 0.29) is 36.2 Å². The quantitative estimate of drug-likeness (QED) is 0.285. The molecule has 0 aromatic heterocycles. The number of ether oxygens (including phenoxy) is 4. The Kier molecular flexibility index (Phi) is 11.7. The van der Waals surface area contributed by atoms with Gasteiger partial charge in [-0.05, 0) is 49.6 Å². The Labute approximate surface area is 229 Å². The molecule has 2 aromatic rings. The lowest BCUT2D eigenvalue weighted by Gasteiger charge is -2.29. The number of rotatable bonds is 13. The molecule has 0 saturated carbocycles. The Balaban J connectivity index is 2.33. The fourth-order valence-corrected chi connectivity index (χ4v) is 3.75. The third-order valence-corrected chi connectivity index (χ3v) is 6.54. The normalized spacial score (nSPS) is 14.7. The van der Waals surface area contributed by atoms with Gasteiger partial charge in [-0.1, -0.05) is 52.0 Å². The molecule has 0 bridgehead atoms. The van der Waals surface area contributed by atoms with Crippen molar-refractivity contribution < 1.29 is 38.1 Å². The molecule has 2 rings (SSSR count). The van der Waals surface area contributed by atoms with Gasteiger partial charge in [-0.2, -0.15) is 0 Å². The summed E-state index contributed by atoms with van der Waals surface area (Å²) in [7, 11) is 1.22. The van der Waals surface area contributed by atoms with Gasteiger partial charge in [-0.3, -0.25) is 14.4 Å². The molecule has 0 aliphatic carbocycles. The van der Waals surface area contributed by atoms with Gasteiger partial charge in [-0.25, -0.2) is 4.79 Å². The van der Waals surface area contributed by atoms with Crippen LogP contribution < -0.4 is 15.2 Å². The first-order valence-electron chi connectivity index (χ1n) is 13.1. The summed E-state index contributed by atoms with van der Waals surface area (Å²) in [6.45, 7) is 8.84. The fraction of sp³-hybridized carbons (Fsp3) is 0.467. The van der Waals surface area contributed by atoms with Gasteiger partial charge >= 0.3 is 23.9 Å². The van der Waals surface area contributed by atoms with Crippen LogP contribution in [0.15, 0.2) is 48.5 Å². The number of carbonyl (C=O) groups is 4. The zero-order valence-electron chi connectivity index (χ0n) is 23.5. The van der Waals surface area contributed by atoms with E-state index in [9.17, 15) is 19.2 Å². The molecule has 2 aromatic carbocycles. The number of methoxy groups -OCH3 is 1. The summed E-state index contributed by atoms with van der Waals surface area (Å²) in [6, 6.07) is 13.1. The fourth-order valence-electron chi connectivity index (χ4n) is 3.75. The van der Waals surface area contributed by atoms with Crippen molar-refractivity contribution in [3.63, 3.8) is 0 Å². The van der Waals surface area contributed by atoms with Crippen molar-refractivity contribution in [2.45, 2.75) is 71.9 Å². The number of benzene rings is 2. The predicted octanol–water partition coefficient (Wildman–Crippen LogP) is 4.64. The van der Waals surface area contributed by atoms with Crippen molar-refractivity contribution in [3.8, 4) is 11.5 Å². The van der Waals surface area contributed by atoms with Crippen molar-refractivity contribution in [1.82, 2.24) is 0 Å². The SMILES string of the molecule is CCC(C)C(=O)Oc1ccc(C[C@](N)(CC(C)OC(=O)c2ccccc2)C(=O)OC)cc1OC(=O)C(C)CC. The zero-order valence-corrected chi connectivity index (χ0v) is 23.5. The van der Waals surface area contributed by atoms with Crippen LogP contribution in [0.3, 0.4) is 0 Å². The molecule has 0 radical (unpaired) electrons. The third-order valence-electron chi connectivity index (χ3n) is 6.54. The molecular weight excluding hydrogens is 502 g/mol. The molecule has 3 unspecified atom stereocenters. The van der Waals surface area contributed by atoms with Gasteiger partial charge in [0.1, 0.15) is 11.6 Å². The van der Waals surface area contributed by atoms with Crippen LogP contribution in [0, 0.1) is 11.8 Å². The molecule has 0 spiro atoms. The highest BCUT2D eigenvalue weighted by atomic mass is 16.6. The van der Waals surface area contributed by atoms with Gasteiger partial charge < -0.3 is 24.7 Å². The molecule has 212 valence electrons. The largest absolute Gasteiger partial charge is 0.468 e. The Morgan fingerprint density at radius 3 is 1.95 bits per heavy atom. The van der Waals surface area contributed by atoms with Crippen LogP contribution >= 0.6 is 0 Å². The second kappa shape index (κ2) is 14.4. The monoisotopic (exact) mass is 541 g/mol. The van der Waals surface area contributed by atoms with E-state index in [1.54, 1.807) is 57.2 Å². The molecule has 2 N–H and O–H groups in total.